The van der Waals surface area contributed by atoms with Gasteiger partial charge in [0.15, 0.2) is 0 Å². The fraction of sp³-hybridized carbons (Fsp3) is 0.143. The molecular weight excluding hydrogens is 316 g/mol. The van der Waals surface area contributed by atoms with Gasteiger partial charge in [-0.05, 0) is 29.8 Å². The molecule has 0 radical (unpaired) electrons. The van der Waals surface area contributed by atoms with Gasteiger partial charge in [-0.1, -0.05) is 39.7 Å². The van der Waals surface area contributed by atoms with Crippen molar-refractivity contribution < 1.29 is 9.47 Å². The molecule has 0 aliphatic heterocycles. The molecule has 18 heavy (non-hydrogen) atoms. The van der Waals surface area contributed by atoms with Gasteiger partial charge in [-0.3, -0.25) is 0 Å². The second-order valence-electron chi connectivity index (χ2n) is 3.68. The van der Waals surface area contributed by atoms with Crippen LogP contribution in [0.5, 0.6) is 17.2 Å². The highest BCUT2D eigenvalue weighted by Gasteiger charge is 2.05. The van der Waals surface area contributed by atoms with Crippen LogP contribution in [0.15, 0.2) is 42.5 Å². The summed E-state index contributed by atoms with van der Waals surface area (Å²) in [6.45, 7) is 0. The van der Waals surface area contributed by atoms with E-state index in [1.807, 2.05) is 42.5 Å². The third kappa shape index (κ3) is 3.18. The topological polar surface area (TPSA) is 18.5 Å². The van der Waals surface area contributed by atoms with E-state index in [2.05, 4.69) is 15.9 Å². The van der Waals surface area contributed by atoms with Gasteiger partial charge in [0.25, 0.3) is 0 Å². The highest BCUT2D eigenvalue weighted by atomic mass is 79.9. The molecule has 0 saturated heterocycles. The summed E-state index contributed by atoms with van der Waals surface area (Å²) in [4.78, 5) is 0. The van der Waals surface area contributed by atoms with Crippen molar-refractivity contribution in [3.05, 3.63) is 53.1 Å². The second kappa shape index (κ2) is 6.12. The molecule has 4 heteroatoms. The maximum Gasteiger partial charge on any atom is 0.146 e. The van der Waals surface area contributed by atoms with Crippen molar-refractivity contribution in [1.82, 2.24) is 0 Å². The third-order valence-electron chi connectivity index (χ3n) is 2.42. The summed E-state index contributed by atoms with van der Waals surface area (Å²) in [5.74, 6) is 2.08. The van der Waals surface area contributed by atoms with Crippen LogP contribution in [0.3, 0.4) is 0 Å². The summed E-state index contributed by atoms with van der Waals surface area (Å²) < 4.78 is 10.9. The molecular formula is C14H12BrClO2. The molecule has 2 rings (SSSR count). The number of rotatable bonds is 4. The molecule has 2 nitrogen and oxygen atoms in total. The average Bonchev–Trinajstić information content (AvgIpc) is 2.41. The van der Waals surface area contributed by atoms with Crippen molar-refractivity contribution in [2.24, 2.45) is 0 Å². The van der Waals surface area contributed by atoms with E-state index in [0.717, 1.165) is 16.6 Å². The van der Waals surface area contributed by atoms with E-state index in [4.69, 9.17) is 21.1 Å². The van der Waals surface area contributed by atoms with Gasteiger partial charge in [-0.25, -0.2) is 0 Å². The summed E-state index contributed by atoms with van der Waals surface area (Å²) >= 11 is 9.54. The Morgan fingerprint density at radius 2 is 1.89 bits per heavy atom. The van der Waals surface area contributed by atoms with Gasteiger partial charge < -0.3 is 9.47 Å². The Morgan fingerprint density at radius 3 is 2.56 bits per heavy atom. The van der Waals surface area contributed by atoms with Crippen molar-refractivity contribution in [2.75, 3.05) is 7.11 Å². The molecule has 0 atom stereocenters. The fourth-order valence-corrected chi connectivity index (χ4v) is 2.09. The molecule has 0 amide bonds. The lowest BCUT2D eigenvalue weighted by molar-refractivity contribution is 0.409. The van der Waals surface area contributed by atoms with E-state index in [9.17, 15) is 0 Å². The standard InChI is InChI=1S/C14H12BrClO2/c1-17-11-3-2-4-12(8-11)18-14-6-5-10(9-15)7-13(14)16/h2-8H,9H2,1H3. The van der Waals surface area contributed by atoms with Crippen LogP contribution in [0.2, 0.25) is 5.02 Å². The lowest BCUT2D eigenvalue weighted by atomic mass is 10.2. The molecule has 94 valence electrons. The Morgan fingerprint density at radius 1 is 1.11 bits per heavy atom. The Kier molecular flexibility index (Phi) is 4.50. The number of hydrogen-bond acceptors (Lipinski definition) is 2. The zero-order chi connectivity index (χ0) is 13.0. The minimum atomic E-state index is 0.592. The Labute approximate surface area is 120 Å². The quantitative estimate of drug-likeness (QED) is 0.733. The van der Waals surface area contributed by atoms with Crippen LogP contribution < -0.4 is 9.47 Å². The summed E-state index contributed by atoms with van der Waals surface area (Å²) in [5.41, 5.74) is 1.11. The van der Waals surface area contributed by atoms with Gasteiger partial charge >= 0.3 is 0 Å². The number of methoxy groups -OCH3 is 1. The molecule has 0 fully saturated rings. The van der Waals surface area contributed by atoms with Gasteiger partial charge in [0.05, 0.1) is 12.1 Å². The van der Waals surface area contributed by atoms with Gasteiger partial charge in [0.1, 0.15) is 17.2 Å². The van der Waals surface area contributed by atoms with Crippen molar-refractivity contribution in [2.45, 2.75) is 5.33 Å². The first-order valence-electron chi connectivity index (χ1n) is 5.39. The maximum atomic E-state index is 6.15. The molecule has 0 unspecified atom stereocenters. The number of halogens is 2. The van der Waals surface area contributed by atoms with E-state index in [1.54, 1.807) is 7.11 Å². The van der Waals surface area contributed by atoms with Crippen LogP contribution in [0, 0.1) is 0 Å². The lowest BCUT2D eigenvalue weighted by Gasteiger charge is -2.09. The monoisotopic (exact) mass is 326 g/mol. The van der Waals surface area contributed by atoms with Crippen LogP contribution in [-0.2, 0) is 5.33 Å². The molecule has 2 aromatic rings. The second-order valence-corrected chi connectivity index (χ2v) is 4.65. The van der Waals surface area contributed by atoms with Crippen LogP contribution in [0.1, 0.15) is 5.56 Å². The van der Waals surface area contributed by atoms with Crippen LogP contribution >= 0.6 is 27.5 Å². The van der Waals surface area contributed by atoms with Gasteiger partial charge in [0.2, 0.25) is 0 Å². The van der Waals surface area contributed by atoms with E-state index in [0.29, 0.717) is 16.5 Å². The van der Waals surface area contributed by atoms with Crippen molar-refractivity contribution in [3.63, 3.8) is 0 Å². The number of ether oxygens (including phenoxy) is 2. The van der Waals surface area contributed by atoms with Gasteiger partial charge in [-0.15, -0.1) is 0 Å². The van der Waals surface area contributed by atoms with E-state index in [1.165, 1.54) is 0 Å². The zero-order valence-corrected chi connectivity index (χ0v) is 12.2. The maximum absolute atomic E-state index is 6.15. The van der Waals surface area contributed by atoms with Crippen LogP contribution in [0.4, 0.5) is 0 Å². The molecule has 0 saturated carbocycles. The van der Waals surface area contributed by atoms with Crippen molar-refractivity contribution in [1.29, 1.82) is 0 Å². The van der Waals surface area contributed by atoms with Crippen molar-refractivity contribution >= 4 is 27.5 Å². The summed E-state index contributed by atoms with van der Waals surface area (Å²) in [6, 6.07) is 13.1. The minimum Gasteiger partial charge on any atom is -0.497 e. The highest BCUT2D eigenvalue weighted by molar-refractivity contribution is 9.08. The molecule has 0 heterocycles. The highest BCUT2D eigenvalue weighted by Crippen LogP contribution is 2.31. The predicted molar refractivity (Wildman–Crippen MR) is 77.2 cm³/mol. The smallest absolute Gasteiger partial charge is 0.146 e. The molecule has 2 aromatic carbocycles. The van der Waals surface area contributed by atoms with E-state index < -0.39 is 0 Å². The summed E-state index contributed by atoms with van der Waals surface area (Å²) in [5, 5.41) is 1.36. The Balaban J connectivity index is 2.22. The molecule has 0 aliphatic rings. The minimum absolute atomic E-state index is 0.592. The average molecular weight is 328 g/mol. The molecule has 0 spiro atoms. The normalized spacial score (nSPS) is 10.2. The summed E-state index contributed by atoms with van der Waals surface area (Å²) in [6.07, 6.45) is 0. The van der Waals surface area contributed by atoms with E-state index in [-0.39, 0.29) is 0 Å². The number of alkyl halides is 1. The van der Waals surface area contributed by atoms with Gasteiger partial charge in [0, 0.05) is 11.4 Å². The number of hydrogen-bond donors (Lipinski definition) is 0. The van der Waals surface area contributed by atoms with Crippen LogP contribution in [0.25, 0.3) is 0 Å². The predicted octanol–water partition coefficient (Wildman–Crippen LogP) is 5.04. The fourth-order valence-electron chi connectivity index (χ4n) is 1.50. The number of benzene rings is 2. The summed E-state index contributed by atoms with van der Waals surface area (Å²) in [7, 11) is 1.62. The molecule has 0 aromatic heterocycles. The SMILES string of the molecule is COc1cccc(Oc2ccc(CBr)cc2Cl)c1. The van der Waals surface area contributed by atoms with Gasteiger partial charge in [-0.2, -0.15) is 0 Å². The first-order chi connectivity index (χ1) is 8.72. The molecule has 0 aliphatic carbocycles. The Hall–Kier alpha value is -1.19. The molecule has 0 N–H and O–H groups in total. The first kappa shape index (κ1) is 13.2. The lowest BCUT2D eigenvalue weighted by Crippen LogP contribution is -1.88. The van der Waals surface area contributed by atoms with E-state index >= 15 is 0 Å². The largest absolute Gasteiger partial charge is 0.497 e. The van der Waals surface area contributed by atoms with Crippen molar-refractivity contribution in [3.8, 4) is 17.2 Å². The Bertz CT molecular complexity index is 543. The molecule has 0 bridgehead atoms. The zero-order valence-electron chi connectivity index (χ0n) is 9.82. The first-order valence-corrected chi connectivity index (χ1v) is 6.89. The van der Waals surface area contributed by atoms with Crippen LogP contribution in [-0.4, -0.2) is 7.11 Å². The third-order valence-corrected chi connectivity index (χ3v) is 3.36.